The number of aryl methyl sites for hydroxylation is 1. The van der Waals surface area contributed by atoms with Gasteiger partial charge >= 0.3 is 0 Å². The van der Waals surface area contributed by atoms with Gasteiger partial charge in [-0.3, -0.25) is 9.78 Å². The van der Waals surface area contributed by atoms with E-state index >= 15 is 0 Å². The molecule has 0 saturated carbocycles. The van der Waals surface area contributed by atoms with Crippen LogP contribution in [-0.2, 0) is 0 Å². The molecule has 0 aliphatic carbocycles. The molecule has 0 spiro atoms. The largest absolute Gasteiger partial charge is 0.360 e. The highest BCUT2D eigenvalue weighted by Gasteiger charge is 2.34. The van der Waals surface area contributed by atoms with Crippen molar-refractivity contribution in [2.24, 2.45) is 0 Å². The Morgan fingerprint density at radius 1 is 1.16 bits per heavy atom. The number of pyridine rings is 1. The topological polar surface area (TPSA) is 59.2 Å². The molecule has 2 aromatic heterocycles. The monoisotopic (exact) mass is 333 g/mol. The Kier molecular flexibility index (Phi) is 4.06. The van der Waals surface area contributed by atoms with Gasteiger partial charge < -0.3 is 9.42 Å². The number of rotatable bonds is 3. The zero-order chi connectivity index (χ0) is 17.2. The van der Waals surface area contributed by atoms with E-state index in [0.717, 1.165) is 30.6 Å². The summed E-state index contributed by atoms with van der Waals surface area (Å²) in [5.41, 5.74) is 2.98. The van der Waals surface area contributed by atoms with Crippen LogP contribution in [0, 0.1) is 6.92 Å². The van der Waals surface area contributed by atoms with Crippen LogP contribution in [0.15, 0.2) is 59.3 Å². The molecule has 1 fully saturated rings. The van der Waals surface area contributed by atoms with Crippen LogP contribution in [0.1, 0.15) is 40.7 Å². The second-order valence-corrected chi connectivity index (χ2v) is 6.24. The fraction of sp³-hybridized carbons (Fsp3) is 0.250. The summed E-state index contributed by atoms with van der Waals surface area (Å²) in [7, 11) is 0. The maximum absolute atomic E-state index is 13.3. The number of carbonyl (C=O) groups excluding carboxylic acids is 1. The first-order valence-electron chi connectivity index (χ1n) is 8.49. The molecule has 1 atom stereocenters. The van der Waals surface area contributed by atoms with Crippen molar-refractivity contribution in [3.63, 3.8) is 0 Å². The predicted octanol–water partition coefficient (Wildman–Crippen LogP) is 4.02. The van der Waals surface area contributed by atoms with Crippen LogP contribution in [0.3, 0.4) is 0 Å². The highest BCUT2D eigenvalue weighted by Crippen LogP contribution is 2.34. The van der Waals surface area contributed by atoms with Crippen molar-refractivity contribution >= 4 is 5.91 Å². The molecular weight excluding hydrogens is 314 g/mol. The summed E-state index contributed by atoms with van der Waals surface area (Å²) in [5, 5.41) is 4.14. The third kappa shape index (κ3) is 2.82. The lowest BCUT2D eigenvalue weighted by atomic mass is 10.0. The van der Waals surface area contributed by atoms with Gasteiger partial charge in [-0.1, -0.05) is 41.6 Å². The van der Waals surface area contributed by atoms with E-state index in [1.165, 1.54) is 0 Å². The smallest absolute Gasteiger partial charge is 0.260 e. The van der Waals surface area contributed by atoms with Crippen molar-refractivity contribution in [3.8, 4) is 11.3 Å². The Bertz CT molecular complexity index is 874. The van der Waals surface area contributed by atoms with E-state index in [4.69, 9.17) is 4.52 Å². The van der Waals surface area contributed by atoms with Crippen LogP contribution in [0.5, 0.6) is 0 Å². The third-order valence-electron chi connectivity index (χ3n) is 4.67. The fourth-order valence-electron chi connectivity index (χ4n) is 3.45. The SMILES string of the molecule is Cc1onc(-c2ccccc2)c1C(=O)N1CCCC1c1ccccn1. The molecule has 25 heavy (non-hydrogen) atoms. The van der Waals surface area contributed by atoms with Gasteiger partial charge in [0, 0.05) is 18.3 Å². The molecule has 1 aromatic carbocycles. The molecule has 5 heteroatoms. The Morgan fingerprint density at radius 3 is 2.72 bits per heavy atom. The minimum atomic E-state index is -0.0363. The number of nitrogens with zero attached hydrogens (tertiary/aromatic N) is 3. The summed E-state index contributed by atoms with van der Waals surface area (Å²) in [5.74, 6) is 0.515. The Balaban J connectivity index is 1.71. The quantitative estimate of drug-likeness (QED) is 0.726. The number of likely N-dealkylation sites (tertiary alicyclic amines) is 1. The molecule has 1 unspecified atom stereocenters. The summed E-state index contributed by atoms with van der Waals surface area (Å²) in [4.78, 5) is 19.6. The van der Waals surface area contributed by atoms with Crippen molar-refractivity contribution in [2.75, 3.05) is 6.54 Å². The van der Waals surface area contributed by atoms with Gasteiger partial charge in [0.05, 0.1) is 11.7 Å². The van der Waals surface area contributed by atoms with Crippen molar-refractivity contribution < 1.29 is 9.32 Å². The average Bonchev–Trinajstić information content (AvgIpc) is 3.29. The second-order valence-electron chi connectivity index (χ2n) is 6.24. The van der Waals surface area contributed by atoms with Gasteiger partial charge in [-0.2, -0.15) is 0 Å². The minimum Gasteiger partial charge on any atom is -0.360 e. The highest BCUT2D eigenvalue weighted by molar-refractivity contribution is 6.01. The van der Waals surface area contributed by atoms with Gasteiger partial charge in [0.1, 0.15) is 17.0 Å². The lowest BCUT2D eigenvalue weighted by Crippen LogP contribution is -2.31. The summed E-state index contributed by atoms with van der Waals surface area (Å²) in [6, 6.07) is 15.5. The maximum Gasteiger partial charge on any atom is 0.260 e. The molecular formula is C20H19N3O2. The van der Waals surface area contributed by atoms with E-state index in [-0.39, 0.29) is 11.9 Å². The maximum atomic E-state index is 13.3. The van der Waals surface area contributed by atoms with Crippen molar-refractivity contribution in [2.45, 2.75) is 25.8 Å². The van der Waals surface area contributed by atoms with Crippen LogP contribution in [-0.4, -0.2) is 27.5 Å². The minimum absolute atomic E-state index is 0.00613. The lowest BCUT2D eigenvalue weighted by Gasteiger charge is -2.24. The molecule has 4 rings (SSSR count). The summed E-state index contributed by atoms with van der Waals surface area (Å²) >= 11 is 0. The molecule has 0 bridgehead atoms. The standard InChI is InChI=1S/C20H19N3O2/c1-14-18(19(22-25-14)15-8-3-2-4-9-15)20(24)23-13-7-11-17(23)16-10-5-6-12-21-16/h2-6,8-10,12,17H,7,11,13H2,1H3. The predicted molar refractivity (Wildman–Crippen MR) is 93.9 cm³/mol. The van der Waals surface area contributed by atoms with Gasteiger partial charge in [0.2, 0.25) is 0 Å². The molecule has 3 heterocycles. The number of amides is 1. The number of carbonyl (C=O) groups is 1. The molecule has 1 aliphatic rings. The Labute approximate surface area is 146 Å². The van der Waals surface area contributed by atoms with E-state index in [2.05, 4.69) is 10.1 Å². The Hall–Kier alpha value is -2.95. The van der Waals surface area contributed by atoms with Crippen LogP contribution < -0.4 is 0 Å². The Morgan fingerprint density at radius 2 is 1.96 bits per heavy atom. The average molecular weight is 333 g/mol. The third-order valence-corrected chi connectivity index (χ3v) is 4.67. The van der Waals surface area contributed by atoms with Gasteiger partial charge in [0.15, 0.2) is 0 Å². The first-order chi connectivity index (χ1) is 12.3. The highest BCUT2D eigenvalue weighted by atomic mass is 16.5. The zero-order valence-electron chi connectivity index (χ0n) is 14.1. The normalized spacial score (nSPS) is 17.0. The van der Waals surface area contributed by atoms with E-state index in [1.54, 1.807) is 13.1 Å². The van der Waals surface area contributed by atoms with Crippen LogP contribution >= 0.6 is 0 Å². The number of aromatic nitrogens is 2. The molecule has 1 aliphatic heterocycles. The molecule has 1 saturated heterocycles. The van der Waals surface area contributed by atoms with E-state index in [0.29, 0.717) is 17.0 Å². The van der Waals surface area contributed by atoms with E-state index in [1.807, 2.05) is 53.4 Å². The number of benzene rings is 1. The molecule has 126 valence electrons. The molecule has 5 nitrogen and oxygen atoms in total. The van der Waals surface area contributed by atoms with Crippen molar-refractivity contribution in [3.05, 3.63) is 71.7 Å². The van der Waals surface area contributed by atoms with Gasteiger partial charge in [-0.05, 0) is 31.9 Å². The van der Waals surface area contributed by atoms with Crippen LogP contribution in [0.25, 0.3) is 11.3 Å². The first-order valence-corrected chi connectivity index (χ1v) is 8.49. The summed E-state index contributed by atoms with van der Waals surface area (Å²) in [6.07, 6.45) is 3.67. The molecule has 1 amide bonds. The fourth-order valence-corrected chi connectivity index (χ4v) is 3.45. The molecule has 3 aromatic rings. The number of hydrogen-bond acceptors (Lipinski definition) is 4. The van der Waals surface area contributed by atoms with Crippen molar-refractivity contribution in [1.82, 2.24) is 15.0 Å². The zero-order valence-corrected chi connectivity index (χ0v) is 14.1. The van der Waals surface area contributed by atoms with Crippen LogP contribution in [0.4, 0.5) is 0 Å². The van der Waals surface area contributed by atoms with Crippen molar-refractivity contribution in [1.29, 1.82) is 0 Å². The summed E-state index contributed by atoms with van der Waals surface area (Å²) < 4.78 is 5.36. The first kappa shape index (κ1) is 15.6. The lowest BCUT2D eigenvalue weighted by molar-refractivity contribution is 0.0732. The van der Waals surface area contributed by atoms with Gasteiger partial charge in [-0.25, -0.2) is 0 Å². The van der Waals surface area contributed by atoms with Crippen LogP contribution in [0.2, 0.25) is 0 Å². The van der Waals surface area contributed by atoms with Gasteiger partial charge in [-0.15, -0.1) is 0 Å². The van der Waals surface area contributed by atoms with Gasteiger partial charge in [0.25, 0.3) is 5.91 Å². The van der Waals surface area contributed by atoms with E-state index in [9.17, 15) is 4.79 Å². The summed E-state index contributed by atoms with van der Waals surface area (Å²) in [6.45, 7) is 2.51. The second kappa shape index (κ2) is 6.51. The number of hydrogen-bond donors (Lipinski definition) is 0. The molecule has 0 N–H and O–H groups in total. The molecule has 0 radical (unpaired) electrons. The van der Waals surface area contributed by atoms with E-state index < -0.39 is 0 Å².